The zero-order valence-corrected chi connectivity index (χ0v) is 21.2. The van der Waals surface area contributed by atoms with Crippen LogP contribution in [0.3, 0.4) is 0 Å². The summed E-state index contributed by atoms with van der Waals surface area (Å²) in [5.41, 5.74) is 1.04. The van der Waals surface area contributed by atoms with Crippen molar-refractivity contribution in [3.8, 4) is 5.75 Å². The van der Waals surface area contributed by atoms with Gasteiger partial charge in [-0.3, -0.25) is 18.7 Å². The molecule has 0 aliphatic carbocycles. The van der Waals surface area contributed by atoms with Gasteiger partial charge < -0.3 is 9.64 Å². The molecule has 0 saturated carbocycles. The maximum Gasteiger partial charge on any atom is 0.332 e. The van der Waals surface area contributed by atoms with E-state index in [0.29, 0.717) is 38.0 Å². The smallest absolute Gasteiger partial charge is 0.332 e. The van der Waals surface area contributed by atoms with Crippen LogP contribution in [0.15, 0.2) is 64.7 Å². The minimum absolute atomic E-state index is 0.00826. The fourth-order valence-corrected chi connectivity index (χ4v) is 5.00. The van der Waals surface area contributed by atoms with Gasteiger partial charge in [0, 0.05) is 19.1 Å². The SMILES string of the molecule is O=CN1CCC(n2c(=O)n(Cc3ccccc3Cn3cncn3)c(=O)c3cc(OC(CF)CF)ccc32)CC1. The molecule has 1 aliphatic heterocycles. The van der Waals surface area contributed by atoms with Gasteiger partial charge >= 0.3 is 5.69 Å². The molecule has 1 saturated heterocycles. The lowest BCUT2D eigenvalue weighted by Crippen LogP contribution is -2.44. The number of amides is 1. The minimum atomic E-state index is -1.29. The quantitative estimate of drug-likeness (QED) is 0.287. The number of likely N-dealkylation sites (tertiary alicyclic amines) is 1. The average Bonchev–Trinajstić information content (AvgIpc) is 3.48. The Labute approximate surface area is 222 Å². The van der Waals surface area contributed by atoms with Gasteiger partial charge in [0.15, 0.2) is 6.10 Å². The summed E-state index contributed by atoms with van der Waals surface area (Å²) >= 11 is 0. The number of rotatable bonds is 10. The third-order valence-corrected chi connectivity index (χ3v) is 7.05. The highest BCUT2D eigenvalue weighted by atomic mass is 19.1. The number of fused-ring (bicyclic) bond motifs is 1. The van der Waals surface area contributed by atoms with Crippen molar-refractivity contribution >= 4 is 17.3 Å². The van der Waals surface area contributed by atoms with Crippen molar-refractivity contribution in [2.45, 2.75) is 38.1 Å². The molecule has 0 spiro atoms. The van der Waals surface area contributed by atoms with E-state index in [1.54, 1.807) is 26.5 Å². The number of hydrogen-bond acceptors (Lipinski definition) is 6. The van der Waals surface area contributed by atoms with Gasteiger partial charge in [0.05, 0.1) is 24.0 Å². The molecule has 1 amide bonds. The monoisotopic (exact) mass is 538 g/mol. The molecule has 0 radical (unpaired) electrons. The van der Waals surface area contributed by atoms with Gasteiger partial charge in [-0.25, -0.2) is 23.2 Å². The second-order valence-electron chi connectivity index (χ2n) is 9.51. The molecule has 10 nitrogen and oxygen atoms in total. The molecule has 5 rings (SSSR count). The molecule has 0 atom stereocenters. The van der Waals surface area contributed by atoms with Crippen molar-refractivity contribution in [2.24, 2.45) is 0 Å². The second kappa shape index (κ2) is 11.6. The third kappa shape index (κ3) is 5.45. The van der Waals surface area contributed by atoms with Crippen LogP contribution in [0.5, 0.6) is 5.75 Å². The summed E-state index contributed by atoms with van der Waals surface area (Å²) < 4.78 is 36.1. The van der Waals surface area contributed by atoms with Crippen LogP contribution < -0.4 is 16.0 Å². The fourth-order valence-electron chi connectivity index (χ4n) is 5.00. The Bertz CT molecular complexity index is 1560. The highest BCUT2D eigenvalue weighted by molar-refractivity contribution is 5.80. The first-order valence-electron chi connectivity index (χ1n) is 12.7. The topological polar surface area (TPSA) is 104 Å². The molecular formula is C27H28F2N6O4. The van der Waals surface area contributed by atoms with Crippen LogP contribution >= 0.6 is 0 Å². The van der Waals surface area contributed by atoms with Gasteiger partial charge in [0.25, 0.3) is 5.56 Å². The standard InChI is InChI=1S/C27H28F2N6O4/c28-12-23(13-29)39-22-5-6-25-24(11-22)26(37)34(27(38)35(25)21-7-9-32(18-36)10-8-21)15-20-4-2-1-3-19(20)14-33-17-30-16-31-33/h1-6,11,16-18,21,23H,7-10,12-15H2. The first-order valence-corrected chi connectivity index (χ1v) is 12.7. The lowest BCUT2D eigenvalue weighted by atomic mass is 10.0. The molecule has 3 heterocycles. The second-order valence-corrected chi connectivity index (χ2v) is 9.51. The summed E-state index contributed by atoms with van der Waals surface area (Å²) in [4.78, 5) is 44.5. The van der Waals surface area contributed by atoms with Crippen LogP contribution in [0.2, 0.25) is 0 Å². The number of hydrogen-bond donors (Lipinski definition) is 0. The number of alkyl halides is 2. The third-order valence-electron chi connectivity index (χ3n) is 7.05. The van der Waals surface area contributed by atoms with E-state index in [1.165, 1.54) is 23.0 Å². The Kier molecular flexibility index (Phi) is 7.80. The van der Waals surface area contributed by atoms with Gasteiger partial charge in [-0.1, -0.05) is 24.3 Å². The normalized spacial score (nSPS) is 14.3. The van der Waals surface area contributed by atoms with Crippen LogP contribution in [0.4, 0.5) is 8.78 Å². The van der Waals surface area contributed by atoms with E-state index in [-0.39, 0.29) is 23.7 Å². The summed E-state index contributed by atoms with van der Waals surface area (Å²) in [7, 11) is 0. The summed E-state index contributed by atoms with van der Waals surface area (Å²) in [5, 5.41) is 4.35. The van der Waals surface area contributed by atoms with Crippen LogP contribution in [-0.2, 0) is 17.9 Å². The van der Waals surface area contributed by atoms with Crippen LogP contribution in [0.1, 0.15) is 30.0 Å². The van der Waals surface area contributed by atoms with Crippen molar-refractivity contribution < 1.29 is 18.3 Å². The Morgan fingerprint density at radius 3 is 2.38 bits per heavy atom. The lowest BCUT2D eigenvalue weighted by molar-refractivity contribution is -0.119. The molecule has 0 N–H and O–H groups in total. The first-order chi connectivity index (χ1) is 19.0. The molecular weight excluding hydrogens is 510 g/mol. The average molecular weight is 539 g/mol. The summed E-state index contributed by atoms with van der Waals surface area (Å²) in [5.74, 6) is 0.138. The van der Waals surface area contributed by atoms with Crippen molar-refractivity contribution in [3.63, 3.8) is 0 Å². The Balaban J connectivity index is 1.62. The number of carbonyl (C=O) groups is 1. The molecule has 1 aliphatic rings. The van der Waals surface area contributed by atoms with E-state index < -0.39 is 30.7 Å². The molecule has 12 heteroatoms. The van der Waals surface area contributed by atoms with Crippen molar-refractivity contribution in [1.29, 1.82) is 0 Å². The number of carbonyl (C=O) groups excluding carboxylic acids is 1. The van der Waals surface area contributed by atoms with Crippen LogP contribution in [-0.4, -0.2) is 67.8 Å². The van der Waals surface area contributed by atoms with Gasteiger partial charge in [-0.15, -0.1) is 0 Å². The zero-order valence-electron chi connectivity index (χ0n) is 21.2. The maximum atomic E-state index is 13.9. The molecule has 0 unspecified atom stereocenters. The highest BCUT2D eigenvalue weighted by Gasteiger charge is 2.25. The zero-order chi connectivity index (χ0) is 27.4. The number of halogens is 2. The predicted molar refractivity (Wildman–Crippen MR) is 139 cm³/mol. The van der Waals surface area contributed by atoms with Crippen LogP contribution in [0.25, 0.3) is 10.9 Å². The molecule has 2 aromatic heterocycles. The molecule has 39 heavy (non-hydrogen) atoms. The number of benzene rings is 2. The van der Waals surface area contributed by atoms with E-state index in [2.05, 4.69) is 10.1 Å². The van der Waals surface area contributed by atoms with Crippen molar-refractivity contribution in [2.75, 3.05) is 26.4 Å². The van der Waals surface area contributed by atoms with Gasteiger partial charge in [-0.05, 0) is 42.2 Å². The molecule has 0 bridgehead atoms. The number of ether oxygens (including phenoxy) is 1. The predicted octanol–water partition coefficient (Wildman–Crippen LogP) is 2.33. The summed E-state index contributed by atoms with van der Waals surface area (Å²) in [6.07, 6.45) is 3.60. The van der Waals surface area contributed by atoms with E-state index in [9.17, 15) is 23.2 Å². The summed E-state index contributed by atoms with van der Waals surface area (Å²) in [6, 6.07) is 11.7. The van der Waals surface area contributed by atoms with Crippen molar-refractivity contribution in [1.82, 2.24) is 28.8 Å². The molecule has 2 aromatic carbocycles. The van der Waals surface area contributed by atoms with Gasteiger partial charge in [-0.2, -0.15) is 5.10 Å². The number of aromatic nitrogens is 5. The van der Waals surface area contributed by atoms with Crippen LogP contribution in [0, 0.1) is 0 Å². The molecule has 204 valence electrons. The first kappa shape index (κ1) is 26.3. The molecule has 1 fully saturated rings. The highest BCUT2D eigenvalue weighted by Crippen LogP contribution is 2.26. The Morgan fingerprint density at radius 2 is 1.74 bits per heavy atom. The Morgan fingerprint density at radius 1 is 1.03 bits per heavy atom. The summed E-state index contributed by atoms with van der Waals surface area (Å²) in [6.45, 7) is -0.654. The van der Waals surface area contributed by atoms with E-state index >= 15 is 0 Å². The largest absolute Gasteiger partial charge is 0.485 e. The van der Waals surface area contributed by atoms with Gasteiger partial charge in [0.2, 0.25) is 6.41 Å². The number of piperidine rings is 1. The maximum absolute atomic E-state index is 13.9. The molecule has 4 aromatic rings. The van der Waals surface area contributed by atoms with Crippen molar-refractivity contribution in [3.05, 3.63) is 87.1 Å². The van der Waals surface area contributed by atoms with E-state index in [0.717, 1.165) is 17.5 Å². The Hall–Kier alpha value is -4.35. The fraction of sp³-hybridized carbons (Fsp3) is 0.370. The van der Waals surface area contributed by atoms with E-state index in [1.807, 2.05) is 24.3 Å². The van der Waals surface area contributed by atoms with Gasteiger partial charge in [0.1, 0.15) is 31.8 Å². The number of nitrogens with zero attached hydrogens (tertiary/aromatic N) is 6. The minimum Gasteiger partial charge on any atom is -0.485 e. The lowest BCUT2D eigenvalue weighted by Gasteiger charge is -2.31. The van der Waals surface area contributed by atoms with E-state index in [4.69, 9.17) is 4.74 Å².